The number of furan rings is 1. The molecule has 22 nitrogen and oxygen atoms in total. The zero-order chi connectivity index (χ0) is 70.9. The minimum atomic E-state index is 0.580. The van der Waals surface area contributed by atoms with E-state index in [9.17, 15) is 0 Å². The van der Waals surface area contributed by atoms with Crippen molar-refractivity contribution in [3.8, 4) is 43.7 Å². The highest BCUT2D eigenvalue weighted by molar-refractivity contribution is 7.22. The van der Waals surface area contributed by atoms with Crippen molar-refractivity contribution >= 4 is 188 Å². The fourth-order valence-corrected chi connectivity index (χ4v) is 16.1. The van der Waals surface area contributed by atoms with Crippen LogP contribution in [0.5, 0.6) is 0 Å². The second-order valence-electron chi connectivity index (χ2n) is 24.6. The van der Waals surface area contributed by atoms with Crippen LogP contribution in [-0.2, 0) is 6.42 Å². The average Bonchev–Trinajstić information content (AvgIpc) is 1.58. The number of pyridine rings is 1. The van der Waals surface area contributed by atoms with Crippen LogP contribution in [0.15, 0.2) is 252 Å². The lowest BCUT2D eigenvalue weighted by atomic mass is 10.1. The van der Waals surface area contributed by atoms with Crippen molar-refractivity contribution in [2.24, 2.45) is 0 Å². The Morgan fingerprint density at radius 2 is 0.991 bits per heavy atom. The van der Waals surface area contributed by atoms with Gasteiger partial charge in [-0.3, -0.25) is 20.4 Å². The van der Waals surface area contributed by atoms with Crippen LogP contribution in [0.3, 0.4) is 0 Å². The molecule has 106 heavy (non-hydrogen) atoms. The first kappa shape index (κ1) is 64.6. The summed E-state index contributed by atoms with van der Waals surface area (Å²) >= 11 is 6.68. The fraction of sp³-hybridized carbons (Fsp3) is 0.0375. The van der Waals surface area contributed by atoms with Crippen LogP contribution in [0.25, 0.3) is 140 Å². The molecule has 0 fully saturated rings. The standard InChI is InChI=1S/C22H14N6S.C22H19N5O.C19H13N5S.C17H11N5S2/c1-2-6-18-13(4-1)11-19(29-18)22-26-20-16(5-3-9-23-20)21(27-22)25-15-7-8-17-14(10-15)12-24-28-17;1-3-14-5-4-6-15(9-14)20-25-21(19-13(2)12-28-22(19)26-20)24-17-7-8-18-16(10-17)11-23-27-18;1-2-4-12(5-3-1)15-10-25-19-17(15)18(20-11-21-19)23-14-6-7-16-13(8-14)9-22-24-16;1-2-14(23-5-1)12-8-24-17-15(12)16(18-9-19-17)21-11-3-4-13-10(6-11)7-20-22-13/h1-12H,(H,24,28)(H,23,25,26,27);4-12H,3H2,1-2H3,(H,23,27)(H,24,25,26);1-11H,(H,22,24)(H,20,21,23);1-9H,(H,20,22)(H,18,19,21). The number of anilines is 8. The van der Waals surface area contributed by atoms with Crippen LogP contribution < -0.4 is 21.3 Å². The second kappa shape index (κ2) is 28.4. The van der Waals surface area contributed by atoms with Crippen LogP contribution in [0, 0.1) is 6.92 Å². The fourth-order valence-electron chi connectivity index (χ4n) is 12.5. The summed E-state index contributed by atoms with van der Waals surface area (Å²) in [5.74, 6) is 4.42. The topological polar surface area (TPSA) is 292 Å². The van der Waals surface area contributed by atoms with Gasteiger partial charge in [-0.2, -0.15) is 25.4 Å². The van der Waals surface area contributed by atoms with Crippen molar-refractivity contribution in [1.29, 1.82) is 0 Å². The summed E-state index contributed by atoms with van der Waals surface area (Å²) in [6.45, 7) is 4.13. The quantitative estimate of drug-likeness (QED) is 0.0532. The molecule has 21 aromatic rings. The number of H-pyrrole nitrogens is 4. The molecule has 21 rings (SSSR count). The number of aryl methyl sites for hydroxylation is 2. The molecule has 8 N–H and O–H groups in total. The Kier molecular flexibility index (Phi) is 17.3. The van der Waals surface area contributed by atoms with Gasteiger partial charge < -0.3 is 25.7 Å². The molecule has 0 atom stereocenters. The molecule has 0 spiro atoms. The number of hydrogen-bond acceptors (Lipinski definition) is 22. The molecule has 512 valence electrons. The minimum Gasteiger partial charge on any atom is -0.446 e. The van der Waals surface area contributed by atoms with Gasteiger partial charge >= 0.3 is 0 Å². The van der Waals surface area contributed by atoms with Gasteiger partial charge in [-0.1, -0.05) is 79.7 Å². The molecule has 26 heteroatoms. The van der Waals surface area contributed by atoms with Crippen LogP contribution in [0.2, 0.25) is 0 Å². The smallest absolute Gasteiger partial charge is 0.231 e. The summed E-state index contributed by atoms with van der Waals surface area (Å²) in [4.78, 5) is 45.5. The maximum absolute atomic E-state index is 5.70. The van der Waals surface area contributed by atoms with Crippen LogP contribution in [0.1, 0.15) is 18.1 Å². The molecule has 0 aliphatic carbocycles. The van der Waals surface area contributed by atoms with Gasteiger partial charge in [0.2, 0.25) is 5.71 Å². The van der Waals surface area contributed by atoms with Crippen molar-refractivity contribution in [2.75, 3.05) is 21.3 Å². The third-order valence-electron chi connectivity index (χ3n) is 17.8. The van der Waals surface area contributed by atoms with Crippen molar-refractivity contribution in [1.82, 2.24) is 85.6 Å². The zero-order valence-corrected chi connectivity index (χ0v) is 59.5. The lowest BCUT2D eigenvalue weighted by Crippen LogP contribution is -1.99. The van der Waals surface area contributed by atoms with Gasteiger partial charge in [-0.25, -0.2) is 39.9 Å². The van der Waals surface area contributed by atoms with E-state index in [0.29, 0.717) is 23.0 Å². The summed E-state index contributed by atoms with van der Waals surface area (Å²) in [6, 6.07) is 61.4. The van der Waals surface area contributed by atoms with E-state index in [-0.39, 0.29) is 0 Å². The summed E-state index contributed by atoms with van der Waals surface area (Å²) in [7, 11) is 0. The number of nitrogens with zero attached hydrogens (tertiary/aromatic N) is 13. The first-order valence-corrected chi connectivity index (χ1v) is 37.1. The number of hydrogen-bond donors (Lipinski definition) is 8. The Morgan fingerprint density at radius 3 is 1.59 bits per heavy atom. The van der Waals surface area contributed by atoms with Gasteiger partial charge in [0.05, 0.1) is 79.5 Å². The predicted molar refractivity (Wildman–Crippen MR) is 431 cm³/mol. The molecule has 0 amide bonds. The maximum atomic E-state index is 5.70. The summed E-state index contributed by atoms with van der Waals surface area (Å²) in [5.41, 5.74) is 15.8. The summed E-state index contributed by atoms with van der Waals surface area (Å²) in [5, 5.41) is 57.6. The van der Waals surface area contributed by atoms with Gasteiger partial charge in [-0.15, -0.1) is 45.3 Å². The van der Waals surface area contributed by atoms with Gasteiger partial charge in [0.25, 0.3) is 0 Å². The van der Waals surface area contributed by atoms with E-state index in [2.05, 4.69) is 182 Å². The summed E-state index contributed by atoms with van der Waals surface area (Å²) in [6.07, 6.45) is 14.9. The van der Waals surface area contributed by atoms with Crippen molar-refractivity contribution < 1.29 is 4.42 Å². The number of rotatable bonds is 13. The number of nitrogens with one attached hydrogen (secondary N) is 8. The molecule has 0 unspecified atom stereocenters. The molecule has 0 radical (unpaired) electrons. The van der Waals surface area contributed by atoms with Crippen LogP contribution in [-0.4, -0.2) is 85.6 Å². The SMILES string of the molecule is CCc1cccc(-c2nc(Nc3ccc4[nH]ncc4c3)c3c(C)coc3n2)c1.c1ccc(-c2csc3ncnc(Nc4ccc5[nH]ncc5c4)c23)cc1.c1ccc2sc(-c3nc(Nc4ccc5[nH]ncc5c4)c4cccnc4n3)cc2c1.c1csc(-c2csc3ncnc(Nc4ccc5[nH]ncc5c4)c23)c1. The van der Waals surface area contributed by atoms with E-state index >= 15 is 0 Å². The van der Waals surface area contributed by atoms with E-state index < -0.39 is 0 Å². The molecule has 7 aromatic carbocycles. The highest BCUT2D eigenvalue weighted by Crippen LogP contribution is 2.42. The number of aromatic nitrogens is 17. The molecular weight excluding hydrogens is 1400 g/mol. The second-order valence-corrected chi connectivity index (χ2v) is 28.4. The van der Waals surface area contributed by atoms with Gasteiger partial charge in [0.1, 0.15) is 45.6 Å². The lowest BCUT2D eigenvalue weighted by molar-refractivity contribution is 0.600. The molecular formula is C80H57N21OS4. The third-order valence-corrected chi connectivity index (χ3v) is 21.5. The zero-order valence-electron chi connectivity index (χ0n) is 56.2. The highest BCUT2D eigenvalue weighted by Gasteiger charge is 2.20. The average molecular weight is 1460 g/mol. The molecule has 0 bridgehead atoms. The van der Waals surface area contributed by atoms with Crippen LogP contribution in [0.4, 0.5) is 46.0 Å². The lowest BCUT2D eigenvalue weighted by Gasteiger charge is -2.10. The van der Waals surface area contributed by atoms with Crippen LogP contribution >= 0.6 is 45.3 Å². The van der Waals surface area contributed by atoms with Gasteiger partial charge in [0.15, 0.2) is 17.3 Å². The van der Waals surface area contributed by atoms with E-state index in [4.69, 9.17) is 19.4 Å². The highest BCUT2D eigenvalue weighted by atomic mass is 32.1. The third kappa shape index (κ3) is 13.2. The summed E-state index contributed by atoms with van der Waals surface area (Å²) < 4.78 is 6.91. The number of aromatic amines is 4. The van der Waals surface area contributed by atoms with E-state index in [0.717, 1.165) is 154 Å². The first-order valence-electron chi connectivity index (χ1n) is 33.6. The Balaban J connectivity index is 0.000000100. The Morgan fingerprint density at radius 1 is 0.425 bits per heavy atom. The number of thiophene rings is 4. The normalized spacial score (nSPS) is 11.3. The maximum Gasteiger partial charge on any atom is 0.231 e. The van der Waals surface area contributed by atoms with Crippen molar-refractivity contribution in [3.63, 3.8) is 0 Å². The minimum absolute atomic E-state index is 0.580. The largest absolute Gasteiger partial charge is 0.446 e. The number of benzene rings is 7. The van der Waals surface area contributed by atoms with Gasteiger partial charge in [0, 0.05) is 93.1 Å². The van der Waals surface area contributed by atoms with Crippen molar-refractivity contribution in [3.05, 3.63) is 259 Å². The Hall–Kier alpha value is -13.5. The molecule has 0 aliphatic rings. The van der Waals surface area contributed by atoms with E-state index in [1.807, 2.05) is 141 Å². The van der Waals surface area contributed by atoms with Gasteiger partial charge in [-0.05, 0) is 144 Å². The van der Waals surface area contributed by atoms with Crippen molar-refractivity contribution in [2.45, 2.75) is 20.3 Å². The molecule has 14 heterocycles. The van der Waals surface area contributed by atoms with E-state index in [1.165, 1.54) is 26.1 Å². The van der Waals surface area contributed by atoms with E-state index in [1.54, 1.807) is 76.7 Å². The predicted octanol–water partition coefficient (Wildman–Crippen LogP) is 20.9. The Bertz CT molecular complexity index is 6700. The first-order chi connectivity index (χ1) is 52.3. The molecule has 14 aromatic heterocycles. The Labute approximate surface area is 617 Å². The number of fused-ring (bicyclic) bond motifs is 9. The molecule has 0 saturated heterocycles. The molecule has 0 saturated carbocycles. The monoisotopic (exact) mass is 1460 g/mol. The molecule has 0 aliphatic heterocycles.